The summed E-state index contributed by atoms with van der Waals surface area (Å²) in [5.41, 5.74) is -0.119. The summed E-state index contributed by atoms with van der Waals surface area (Å²) >= 11 is 0. The summed E-state index contributed by atoms with van der Waals surface area (Å²) in [7, 11) is 3.02. The molecular weight excluding hydrogens is 452 g/mol. The fourth-order valence-electron chi connectivity index (χ4n) is 5.06. The Morgan fingerprint density at radius 2 is 1.74 bits per heavy atom. The van der Waals surface area contributed by atoms with Crippen LogP contribution in [0.15, 0.2) is 42.5 Å². The fraction of sp³-hybridized carbons (Fsp3) is 0.385. The topological polar surface area (TPSA) is 111 Å². The average Bonchev–Trinajstić information content (AvgIpc) is 3.32. The summed E-state index contributed by atoms with van der Waals surface area (Å²) in [5, 5.41) is 3.23. The number of hydrogen-bond acceptors (Lipinski definition) is 8. The summed E-state index contributed by atoms with van der Waals surface area (Å²) in [5.74, 6) is -2.70. The lowest BCUT2D eigenvalue weighted by Crippen LogP contribution is -2.54. The van der Waals surface area contributed by atoms with Crippen LogP contribution in [0.2, 0.25) is 0 Å². The van der Waals surface area contributed by atoms with Crippen molar-refractivity contribution in [3.05, 3.63) is 53.6 Å². The van der Waals surface area contributed by atoms with Crippen molar-refractivity contribution in [2.75, 3.05) is 25.7 Å². The third-order valence-electron chi connectivity index (χ3n) is 6.76. The van der Waals surface area contributed by atoms with Gasteiger partial charge in [-0.05, 0) is 50.6 Å². The van der Waals surface area contributed by atoms with Gasteiger partial charge in [0.1, 0.15) is 5.54 Å². The summed E-state index contributed by atoms with van der Waals surface area (Å²) in [6.45, 7) is 4.81. The molecule has 2 aliphatic rings. The number of rotatable bonds is 7. The number of nitrogens with zero attached hydrogens (tertiary/aromatic N) is 1. The van der Waals surface area contributed by atoms with Crippen LogP contribution in [0.5, 0.6) is 11.5 Å². The van der Waals surface area contributed by atoms with Crippen LogP contribution in [0.25, 0.3) is 0 Å². The van der Waals surface area contributed by atoms with Gasteiger partial charge in [0, 0.05) is 11.6 Å². The Morgan fingerprint density at radius 3 is 2.37 bits per heavy atom. The number of anilines is 1. The molecule has 35 heavy (non-hydrogen) atoms. The first-order valence-electron chi connectivity index (χ1n) is 11.3. The molecule has 2 aliphatic heterocycles. The monoisotopic (exact) mass is 480 g/mol. The second kappa shape index (κ2) is 9.14. The van der Waals surface area contributed by atoms with Crippen molar-refractivity contribution < 1.29 is 33.4 Å². The first-order valence-corrected chi connectivity index (χ1v) is 11.3. The number of ether oxygens (including phenoxy) is 3. The fourth-order valence-corrected chi connectivity index (χ4v) is 5.06. The molecule has 1 N–H and O–H groups in total. The first-order chi connectivity index (χ1) is 16.7. The van der Waals surface area contributed by atoms with Crippen LogP contribution in [0, 0.1) is 11.8 Å². The number of Topliss-reactive ketones (excluding diaryl/α,β-unsaturated/α-hetero) is 1. The van der Waals surface area contributed by atoms with Gasteiger partial charge in [-0.15, -0.1) is 0 Å². The van der Waals surface area contributed by atoms with Crippen LogP contribution < -0.4 is 19.7 Å². The van der Waals surface area contributed by atoms with Gasteiger partial charge in [0.25, 0.3) is 0 Å². The zero-order chi connectivity index (χ0) is 25.5. The van der Waals surface area contributed by atoms with Crippen molar-refractivity contribution in [2.24, 2.45) is 11.8 Å². The quantitative estimate of drug-likeness (QED) is 0.366. The van der Waals surface area contributed by atoms with E-state index in [0.29, 0.717) is 28.3 Å². The minimum absolute atomic E-state index is 0.126. The van der Waals surface area contributed by atoms with E-state index in [1.807, 2.05) is 0 Å². The van der Waals surface area contributed by atoms with Gasteiger partial charge in [0.15, 0.2) is 17.3 Å². The lowest BCUT2D eigenvalue weighted by atomic mass is 9.80. The number of amides is 2. The number of carbonyl (C=O) groups excluding carboxylic acids is 4. The van der Waals surface area contributed by atoms with Gasteiger partial charge in [-0.1, -0.05) is 18.2 Å². The number of methoxy groups -OCH3 is 2. The Labute approximate surface area is 203 Å². The smallest absolute Gasteiger partial charge is 0.326 e. The maximum Gasteiger partial charge on any atom is 0.326 e. The molecule has 184 valence electrons. The number of ketones is 1. The van der Waals surface area contributed by atoms with Crippen LogP contribution in [0.1, 0.15) is 42.7 Å². The van der Waals surface area contributed by atoms with Crippen LogP contribution in [0.4, 0.5) is 5.69 Å². The molecule has 9 heteroatoms. The normalized spacial score (nSPS) is 25.4. The van der Waals surface area contributed by atoms with Crippen molar-refractivity contribution in [1.29, 1.82) is 0 Å². The highest BCUT2D eigenvalue weighted by Crippen LogP contribution is 2.50. The minimum Gasteiger partial charge on any atom is -0.493 e. The molecule has 0 aliphatic carbocycles. The molecule has 9 nitrogen and oxygen atoms in total. The summed E-state index contributed by atoms with van der Waals surface area (Å²) in [6, 6.07) is 10.9. The van der Waals surface area contributed by atoms with Gasteiger partial charge in [-0.3, -0.25) is 24.5 Å². The molecule has 0 bridgehead atoms. The van der Waals surface area contributed by atoms with Gasteiger partial charge < -0.3 is 14.2 Å². The van der Waals surface area contributed by atoms with Crippen molar-refractivity contribution in [3.8, 4) is 11.5 Å². The number of nitrogens with one attached hydrogen (secondary N) is 1. The molecular formula is C26H28N2O7. The van der Waals surface area contributed by atoms with Crippen LogP contribution >= 0.6 is 0 Å². The highest BCUT2D eigenvalue weighted by molar-refractivity contribution is 6.24. The van der Waals surface area contributed by atoms with E-state index in [0.717, 1.165) is 4.90 Å². The average molecular weight is 481 g/mol. The Kier molecular flexibility index (Phi) is 6.38. The SMILES string of the molecule is CCOC(=O)[C@@]1(C)N[C@@H](c2ccc(OC)c(OC)c2)[C@H]2C(=O)N(c3cccc(C(C)=O)c3)C(=O)[C@@H]21. The number of esters is 1. The maximum absolute atomic E-state index is 13.8. The molecule has 0 saturated carbocycles. The first kappa shape index (κ1) is 24.4. The second-order valence-electron chi connectivity index (χ2n) is 8.78. The van der Waals surface area contributed by atoms with E-state index in [-0.39, 0.29) is 12.4 Å². The van der Waals surface area contributed by atoms with Crippen LogP contribution in [-0.4, -0.2) is 49.9 Å². The lowest BCUT2D eigenvalue weighted by Gasteiger charge is -2.29. The minimum atomic E-state index is -1.45. The van der Waals surface area contributed by atoms with E-state index in [9.17, 15) is 19.2 Å². The number of fused-ring (bicyclic) bond motifs is 1. The molecule has 2 saturated heterocycles. The summed E-state index contributed by atoms with van der Waals surface area (Å²) in [4.78, 5) is 53.6. The molecule has 2 heterocycles. The Hall–Kier alpha value is -3.72. The summed E-state index contributed by atoms with van der Waals surface area (Å²) in [6.07, 6.45) is 0. The molecule has 4 atom stereocenters. The van der Waals surface area contributed by atoms with Gasteiger partial charge >= 0.3 is 5.97 Å². The molecule has 2 aromatic carbocycles. The highest BCUT2D eigenvalue weighted by atomic mass is 16.5. The molecule has 2 amide bonds. The molecule has 0 spiro atoms. The Morgan fingerprint density at radius 1 is 1.03 bits per heavy atom. The van der Waals surface area contributed by atoms with Crippen molar-refractivity contribution in [3.63, 3.8) is 0 Å². The largest absolute Gasteiger partial charge is 0.493 e. The second-order valence-corrected chi connectivity index (χ2v) is 8.78. The Bertz CT molecular complexity index is 1210. The zero-order valence-corrected chi connectivity index (χ0v) is 20.3. The Balaban J connectivity index is 1.83. The third kappa shape index (κ3) is 3.85. The van der Waals surface area contributed by atoms with Gasteiger partial charge in [-0.25, -0.2) is 4.90 Å². The highest BCUT2D eigenvalue weighted by Gasteiger charge is 2.67. The van der Waals surface area contributed by atoms with Crippen molar-refractivity contribution >= 4 is 29.3 Å². The summed E-state index contributed by atoms with van der Waals surface area (Å²) < 4.78 is 16.0. The predicted octanol–water partition coefficient (Wildman–Crippen LogP) is 2.68. The zero-order valence-electron chi connectivity index (χ0n) is 20.3. The standard InChI is InChI=1S/C26H28N2O7/c1-6-35-25(32)26(3)21-20(22(27-26)16-10-11-18(33-4)19(13-16)34-5)23(30)28(24(21)31)17-9-7-8-15(12-17)14(2)29/h7-13,20-22,27H,6H2,1-5H3/t20-,21+,22-,26-/m0/s1. The molecule has 4 rings (SSSR count). The van der Waals surface area contributed by atoms with Crippen molar-refractivity contribution in [2.45, 2.75) is 32.4 Å². The third-order valence-corrected chi connectivity index (χ3v) is 6.76. The predicted molar refractivity (Wildman–Crippen MR) is 126 cm³/mol. The van der Waals surface area contributed by atoms with E-state index < -0.39 is 41.2 Å². The van der Waals surface area contributed by atoms with Gasteiger partial charge in [-0.2, -0.15) is 0 Å². The van der Waals surface area contributed by atoms with Crippen molar-refractivity contribution in [1.82, 2.24) is 5.32 Å². The van der Waals surface area contributed by atoms with E-state index in [1.54, 1.807) is 50.2 Å². The van der Waals surface area contributed by atoms with Gasteiger partial charge in [0.05, 0.1) is 38.3 Å². The van der Waals surface area contributed by atoms with Crippen LogP contribution in [0.3, 0.4) is 0 Å². The van der Waals surface area contributed by atoms with E-state index in [2.05, 4.69) is 5.32 Å². The molecule has 0 aromatic heterocycles. The number of imide groups is 1. The van der Waals surface area contributed by atoms with Gasteiger partial charge in [0.2, 0.25) is 11.8 Å². The van der Waals surface area contributed by atoms with E-state index in [1.165, 1.54) is 27.2 Å². The number of carbonyl (C=O) groups is 4. The molecule has 0 unspecified atom stereocenters. The number of hydrogen-bond donors (Lipinski definition) is 1. The number of benzene rings is 2. The molecule has 2 aromatic rings. The maximum atomic E-state index is 13.8. The van der Waals surface area contributed by atoms with Crippen LogP contribution in [-0.2, 0) is 19.1 Å². The van der Waals surface area contributed by atoms with E-state index in [4.69, 9.17) is 14.2 Å². The lowest BCUT2D eigenvalue weighted by molar-refractivity contribution is -0.153. The van der Waals surface area contributed by atoms with E-state index >= 15 is 0 Å². The molecule has 2 fully saturated rings. The molecule has 0 radical (unpaired) electrons.